The Morgan fingerprint density at radius 2 is 1.87 bits per heavy atom. The summed E-state index contributed by atoms with van der Waals surface area (Å²) in [6.07, 6.45) is 3.84. The lowest BCUT2D eigenvalue weighted by molar-refractivity contribution is -0.139. The SMILES string of the molecule is O=C(C1CCOCC1)N1CCC(c2nc3ccccc3s2)CC1. The first-order valence-electron chi connectivity index (χ1n) is 8.53. The van der Waals surface area contributed by atoms with Crippen LogP contribution < -0.4 is 0 Å². The van der Waals surface area contributed by atoms with Gasteiger partial charge in [-0.05, 0) is 37.8 Å². The third-order valence-corrected chi connectivity index (χ3v) is 6.24. The molecule has 122 valence electrons. The van der Waals surface area contributed by atoms with E-state index in [1.165, 1.54) is 9.71 Å². The number of fused-ring (bicyclic) bond motifs is 1. The molecule has 3 heterocycles. The number of carbonyl (C=O) groups excluding carboxylic acids is 1. The molecule has 0 aliphatic carbocycles. The summed E-state index contributed by atoms with van der Waals surface area (Å²) in [6, 6.07) is 8.33. The van der Waals surface area contributed by atoms with Crippen LogP contribution >= 0.6 is 11.3 Å². The summed E-state index contributed by atoms with van der Waals surface area (Å²) in [5.74, 6) is 1.03. The first-order valence-corrected chi connectivity index (χ1v) is 9.35. The average Bonchev–Trinajstić information content (AvgIpc) is 3.06. The van der Waals surface area contributed by atoms with Crippen molar-refractivity contribution in [1.82, 2.24) is 9.88 Å². The summed E-state index contributed by atoms with van der Waals surface area (Å²) in [5, 5.41) is 1.24. The normalized spacial score (nSPS) is 21.0. The van der Waals surface area contributed by atoms with Crippen molar-refractivity contribution in [3.05, 3.63) is 29.3 Å². The zero-order valence-electron chi connectivity index (χ0n) is 13.2. The first kappa shape index (κ1) is 15.1. The zero-order valence-corrected chi connectivity index (χ0v) is 14.1. The van der Waals surface area contributed by atoms with Gasteiger partial charge in [0.05, 0.1) is 15.2 Å². The highest BCUT2D eigenvalue weighted by molar-refractivity contribution is 7.18. The summed E-state index contributed by atoms with van der Waals surface area (Å²) in [6.45, 7) is 3.21. The summed E-state index contributed by atoms with van der Waals surface area (Å²) in [5.41, 5.74) is 1.10. The molecule has 2 aromatic rings. The van der Waals surface area contributed by atoms with E-state index in [-0.39, 0.29) is 5.92 Å². The smallest absolute Gasteiger partial charge is 0.225 e. The molecule has 23 heavy (non-hydrogen) atoms. The Labute approximate surface area is 140 Å². The highest BCUT2D eigenvalue weighted by Crippen LogP contribution is 2.34. The molecular formula is C18H22N2O2S. The van der Waals surface area contributed by atoms with Crippen LogP contribution in [0.15, 0.2) is 24.3 Å². The molecule has 2 saturated heterocycles. The highest BCUT2D eigenvalue weighted by Gasteiger charge is 2.30. The van der Waals surface area contributed by atoms with Crippen LogP contribution in [0.25, 0.3) is 10.2 Å². The fourth-order valence-electron chi connectivity index (χ4n) is 3.61. The van der Waals surface area contributed by atoms with Crippen LogP contribution in [0.2, 0.25) is 0 Å². The number of thiazole rings is 1. The Morgan fingerprint density at radius 3 is 2.61 bits per heavy atom. The van der Waals surface area contributed by atoms with E-state index in [0.717, 1.165) is 57.5 Å². The maximum absolute atomic E-state index is 12.6. The number of likely N-dealkylation sites (tertiary alicyclic amines) is 1. The molecule has 2 fully saturated rings. The number of aromatic nitrogens is 1. The van der Waals surface area contributed by atoms with Crippen molar-refractivity contribution in [3.63, 3.8) is 0 Å². The Balaban J connectivity index is 1.39. The zero-order chi connectivity index (χ0) is 15.6. The summed E-state index contributed by atoms with van der Waals surface area (Å²) in [7, 11) is 0. The molecule has 0 N–H and O–H groups in total. The van der Waals surface area contributed by atoms with Gasteiger partial charge in [-0.25, -0.2) is 4.98 Å². The van der Waals surface area contributed by atoms with E-state index < -0.39 is 0 Å². The third kappa shape index (κ3) is 3.12. The molecule has 2 aliphatic rings. The largest absolute Gasteiger partial charge is 0.381 e. The maximum atomic E-state index is 12.6. The molecule has 0 saturated carbocycles. The molecule has 0 unspecified atom stereocenters. The Hall–Kier alpha value is -1.46. The lowest BCUT2D eigenvalue weighted by Crippen LogP contribution is -2.42. The number of rotatable bonds is 2. The molecule has 0 atom stereocenters. The minimum atomic E-state index is 0.183. The van der Waals surface area contributed by atoms with Crippen LogP contribution in [0.1, 0.15) is 36.6 Å². The molecule has 1 aromatic heterocycles. The van der Waals surface area contributed by atoms with E-state index in [1.807, 2.05) is 17.4 Å². The van der Waals surface area contributed by atoms with Crippen LogP contribution in [0.3, 0.4) is 0 Å². The van der Waals surface area contributed by atoms with Gasteiger partial charge in [-0.3, -0.25) is 4.79 Å². The van der Waals surface area contributed by atoms with Gasteiger partial charge < -0.3 is 9.64 Å². The molecule has 5 heteroatoms. The standard InChI is InChI=1S/C18H22N2O2S/c21-18(14-7-11-22-12-8-14)20-9-5-13(6-10-20)17-19-15-3-1-2-4-16(15)23-17/h1-4,13-14H,5-12H2. The van der Waals surface area contributed by atoms with Gasteiger partial charge in [0.2, 0.25) is 5.91 Å². The quantitative estimate of drug-likeness (QED) is 0.847. The van der Waals surface area contributed by atoms with E-state index in [4.69, 9.17) is 9.72 Å². The molecule has 1 amide bonds. The van der Waals surface area contributed by atoms with Crippen LogP contribution in [0.5, 0.6) is 0 Å². The molecule has 0 bridgehead atoms. The Kier molecular flexibility index (Phi) is 4.31. The van der Waals surface area contributed by atoms with Crippen LogP contribution in [0.4, 0.5) is 0 Å². The average molecular weight is 330 g/mol. The molecule has 2 aliphatic heterocycles. The van der Waals surface area contributed by atoms with Gasteiger partial charge >= 0.3 is 0 Å². The molecule has 4 nitrogen and oxygen atoms in total. The van der Waals surface area contributed by atoms with E-state index in [9.17, 15) is 4.79 Å². The monoisotopic (exact) mass is 330 g/mol. The lowest BCUT2D eigenvalue weighted by Gasteiger charge is -2.34. The summed E-state index contributed by atoms with van der Waals surface area (Å²) >= 11 is 1.81. The minimum Gasteiger partial charge on any atom is -0.381 e. The minimum absolute atomic E-state index is 0.183. The second-order valence-corrected chi connectivity index (χ2v) is 7.57. The molecule has 0 radical (unpaired) electrons. The van der Waals surface area contributed by atoms with Gasteiger partial charge in [-0.1, -0.05) is 12.1 Å². The Morgan fingerprint density at radius 1 is 1.13 bits per heavy atom. The van der Waals surface area contributed by atoms with E-state index in [0.29, 0.717) is 11.8 Å². The van der Waals surface area contributed by atoms with Crippen LogP contribution in [0, 0.1) is 5.92 Å². The maximum Gasteiger partial charge on any atom is 0.225 e. The van der Waals surface area contributed by atoms with E-state index >= 15 is 0 Å². The number of para-hydroxylation sites is 1. The number of hydrogen-bond acceptors (Lipinski definition) is 4. The van der Waals surface area contributed by atoms with E-state index in [1.54, 1.807) is 0 Å². The number of piperidine rings is 1. The van der Waals surface area contributed by atoms with E-state index in [2.05, 4.69) is 23.1 Å². The number of carbonyl (C=O) groups is 1. The Bertz CT molecular complexity index is 652. The number of nitrogens with zero attached hydrogens (tertiary/aromatic N) is 2. The second-order valence-electron chi connectivity index (χ2n) is 6.51. The second kappa shape index (κ2) is 6.57. The molecular weight excluding hydrogens is 308 g/mol. The van der Waals surface area contributed by atoms with Gasteiger partial charge in [0, 0.05) is 38.1 Å². The third-order valence-electron chi connectivity index (χ3n) is 5.04. The predicted octanol–water partition coefficient (Wildman–Crippen LogP) is 3.43. The molecule has 4 rings (SSSR count). The lowest BCUT2D eigenvalue weighted by atomic mass is 9.94. The topological polar surface area (TPSA) is 42.4 Å². The first-order chi connectivity index (χ1) is 11.3. The van der Waals surface area contributed by atoms with Crippen molar-refractivity contribution in [2.45, 2.75) is 31.6 Å². The van der Waals surface area contributed by atoms with Crippen LogP contribution in [-0.4, -0.2) is 42.1 Å². The van der Waals surface area contributed by atoms with Gasteiger partial charge in [0.15, 0.2) is 0 Å². The van der Waals surface area contributed by atoms with Gasteiger partial charge in [0.1, 0.15) is 0 Å². The number of benzene rings is 1. The van der Waals surface area contributed by atoms with Gasteiger partial charge in [0.25, 0.3) is 0 Å². The van der Waals surface area contributed by atoms with Crippen molar-refractivity contribution in [2.24, 2.45) is 5.92 Å². The van der Waals surface area contributed by atoms with Crippen molar-refractivity contribution >= 4 is 27.5 Å². The van der Waals surface area contributed by atoms with Crippen molar-refractivity contribution in [3.8, 4) is 0 Å². The van der Waals surface area contributed by atoms with Gasteiger partial charge in [-0.15, -0.1) is 11.3 Å². The number of ether oxygens (including phenoxy) is 1. The number of hydrogen-bond donors (Lipinski definition) is 0. The highest BCUT2D eigenvalue weighted by atomic mass is 32.1. The molecule has 1 aromatic carbocycles. The van der Waals surface area contributed by atoms with Crippen molar-refractivity contribution in [1.29, 1.82) is 0 Å². The van der Waals surface area contributed by atoms with Crippen LogP contribution in [-0.2, 0) is 9.53 Å². The fraction of sp³-hybridized carbons (Fsp3) is 0.556. The van der Waals surface area contributed by atoms with Gasteiger partial charge in [-0.2, -0.15) is 0 Å². The predicted molar refractivity (Wildman–Crippen MR) is 91.7 cm³/mol. The number of amides is 1. The molecule has 0 spiro atoms. The van der Waals surface area contributed by atoms with Crippen molar-refractivity contribution in [2.75, 3.05) is 26.3 Å². The summed E-state index contributed by atoms with van der Waals surface area (Å²) < 4.78 is 6.63. The fourth-order valence-corrected chi connectivity index (χ4v) is 4.75. The van der Waals surface area contributed by atoms with Crippen molar-refractivity contribution < 1.29 is 9.53 Å². The summed E-state index contributed by atoms with van der Waals surface area (Å²) in [4.78, 5) is 19.5.